The van der Waals surface area contributed by atoms with Crippen LogP contribution in [0.3, 0.4) is 0 Å². The molecule has 106 valence electrons. The van der Waals surface area contributed by atoms with Crippen molar-refractivity contribution in [1.29, 1.82) is 0 Å². The zero-order valence-corrected chi connectivity index (χ0v) is 12.8. The molecule has 1 saturated heterocycles. The largest absolute Gasteiger partial charge is 0.348 e. The van der Waals surface area contributed by atoms with Crippen molar-refractivity contribution in [3.8, 4) is 0 Å². The van der Waals surface area contributed by atoms with E-state index in [1.807, 2.05) is 19.1 Å². The lowest BCUT2D eigenvalue weighted by Crippen LogP contribution is -2.52. The third kappa shape index (κ3) is 3.85. The predicted molar refractivity (Wildman–Crippen MR) is 81.4 cm³/mol. The molecule has 1 amide bonds. The molecule has 2 atom stereocenters. The van der Waals surface area contributed by atoms with E-state index in [0.29, 0.717) is 16.6 Å². The Morgan fingerprint density at radius 1 is 1.47 bits per heavy atom. The number of carbonyl (C=O) groups is 1. The number of hydrogen-bond donors (Lipinski definition) is 2. The van der Waals surface area contributed by atoms with Crippen LogP contribution in [0.15, 0.2) is 18.2 Å². The van der Waals surface area contributed by atoms with E-state index in [1.54, 1.807) is 6.07 Å². The van der Waals surface area contributed by atoms with E-state index >= 15 is 0 Å². The number of benzene rings is 1. The lowest BCUT2D eigenvalue weighted by atomic mass is 9.99. The first-order valence-corrected chi connectivity index (χ1v) is 6.76. The van der Waals surface area contributed by atoms with Gasteiger partial charge in [0.15, 0.2) is 0 Å². The van der Waals surface area contributed by atoms with Gasteiger partial charge >= 0.3 is 0 Å². The van der Waals surface area contributed by atoms with Gasteiger partial charge in [-0.3, -0.25) is 4.79 Å². The highest BCUT2D eigenvalue weighted by atomic mass is 35.5. The molecule has 0 aromatic heterocycles. The van der Waals surface area contributed by atoms with Crippen molar-refractivity contribution in [2.75, 3.05) is 6.54 Å². The van der Waals surface area contributed by atoms with Gasteiger partial charge in [-0.1, -0.05) is 17.7 Å². The second kappa shape index (κ2) is 7.13. The minimum atomic E-state index is -0.0319. The van der Waals surface area contributed by atoms with Gasteiger partial charge in [-0.05, 0) is 50.9 Å². The summed E-state index contributed by atoms with van der Waals surface area (Å²) in [6, 6.07) is 5.95. The smallest absolute Gasteiger partial charge is 0.251 e. The van der Waals surface area contributed by atoms with Crippen molar-refractivity contribution in [3.05, 3.63) is 34.3 Å². The number of rotatable bonds is 2. The van der Waals surface area contributed by atoms with Gasteiger partial charge in [-0.25, -0.2) is 0 Å². The highest BCUT2D eigenvalue weighted by Gasteiger charge is 2.23. The fourth-order valence-corrected chi connectivity index (χ4v) is 2.52. The average Bonchev–Trinajstić information content (AvgIpc) is 2.35. The van der Waals surface area contributed by atoms with Crippen molar-refractivity contribution >= 4 is 29.9 Å². The van der Waals surface area contributed by atoms with Gasteiger partial charge in [0.05, 0.1) is 0 Å². The molecule has 1 aromatic carbocycles. The van der Waals surface area contributed by atoms with Crippen molar-refractivity contribution in [1.82, 2.24) is 10.6 Å². The molecule has 1 fully saturated rings. The van der Waals surface area contributed by atoms with Gasteiger partial charge in [0.2, 0.25) is 0 Å². The van der Waals surface area contributed by atoms with Gasteiger partial charge in [0, 0.05) is 22.7 Å². The summed E-state index contributed by atoms with van der Waals surface area (Å²) in [7, 11) is 0. The zero-order chi connectivity index (χ0) is 13.1. The number of hydrogen-bond acceptors (Lipinski definition) is 2. The highest BCUT2D eigenvalue weighted by Crippen LogP contribution is 2.19. The van der Waals surface area contributed by atoms with Crippen molar-refractivity contribution in [2.24, 2.45) is 0 Å². The molecule has 0 aliphatic carbocycles. The molecule has 3 nitrogen and oxygen atoms in total. The van der Waals surface area contributed by atoms with E-state index in [2.05, 4.69) is 17.6 Å². The van der Waals surface area contributed by atoms with Gasteiger partial charge in [-0.2, -0.15) is 0 Å². The normalized spacial score (nSPS) is 22.5. The second-order valence-corrected chi connectivity index (χ2v) is 5.28. The number of halogens is 2. The molecule has 0 spiro atoms. The Morgan fingerprint density at radius 3 is 2.89 bits per heavy atom. The van der Waals surface area contributed by atoms with Crippen LogP contribution in [0, 0.1) is 6.92 Å². The molecule has 1 heterocycles. The molecule has 19 heavy (non-hydrogen) atoms. The Kier molecular flexibility index (Phi) is 6.11. The van der Waals surface area contributed by atoms with Gasteiger partial charge in [-0.15, -0.1) is 12.4 Å². The van der Waals surface area contributed by atoms with Crippen LogP contribution >= 0.6 is 24.0 Å². The van der Waals surface area contributed by atoms with Crippen LogP contribution < -0.4 is 10.6 Å². The first-order valence-electron chi connectivity index (χ1n) is 6.39. The van der Waals surface area contributed by atoms with E-state index in [4.69, 9.17) is 11.6 Å². The summed E-state index contributed by atoms with van der Waals surface area (Å²) in [5.41, 5.74) is 1.51. The minimum absolute atomic E-state index is 0. The van der Waals surface area contributed by atoms with E-state index < -0.39 is 0 Å². The molecular weight excluding hydrogens is 283 g/mol. The van der Waals surface area contributed by atoms with Crippen molar-refractivity contribution in [3.63, 3.8) is 0 Å². The Labute approximate surface area is 125 Å². The lowest BCUT2D eigenvalue weighted by Gasteiger charge is -2.30. The monoisotopic (exact) mass is 302 g/mol. The topological polar surface area (TPSA) is 41.1 Å². The van der Waals surface area contributed by atoms with Crippen molar-refractivity contribution in [2.45, 2.75) is 38.8 Å². The number of carbonyl (C=O) groups excluding carboxylic acids is 1. The molecule has 2 rings (SSSR count). The number of nitrogens with one attached hydrogen (secondary N) is 2. The molecule has 0 saturated carbocycles. The van der Waals surface area contributed by atoms with Crippen LogP contribution in [0.4, 0.5) is 0 Å². The van der Waals surface area contributed by atoms with Crippen LogP contribution in [0.5, 0.6) is 0 Å². The fourth-order valence-electron chi connectivity index (χ4n) is 2.34. The van der Waals surface area contributed by atoms with Crippen molar-refractivity contribution < 1.29 is 4.79 Å². The molecule has 2 N–H and O–H groups in total. The zero-order valence-electron chi connectivity index (χ0n) is 11.2. The SMILES string of the molecule is Cc1c(Cl)cccc1C(=O)NC1CCCNC1C.Cl. The van der Waals surface area contributed by atoms with E-state index in [1.165, 1.54) is 0 Å². The van der Waals surface area contributed by atoms with Crippen LogP contribution in [0.1, 0.15) is 35.7 Å². The average molecular weight is 303 g/mol. The maximum Gasteiger partial charge on any atom is 0.251 e. The van der Waals surface area contributed by atoms with Gasteiger partial charge < -0.3 is 10.6 Å². The van der Waals surface area contributed by atoms with Gasteiger partial charge in [0.1, 0.15) is 0 Å². The summed E-state index contributed by atoms with van der Waals surface area (Å²) in [6.07, 6.45) is 2.13. The number of piperidine rings is 1. The van der Waals surface area contributed by atoms with Crippen LogP contribution in [0.25, 0.3) is 0 Å². The summed E-state index contributed by atoms with van der Waals surface area (Å²) in [5, 5.41) is 7.10. The van der Waals surface area contributed by atoms with E-state index in [9.17, 15) is 4.79 Å². The quantitative estimate of drug-likeness (QED) is 0.882. The molecule has 0 bridgehead atoms. The molecule has 5 heteroatoms. The standard InChI is InChI=1S/C14H19ClN2O.ClH/c1-9-11(5-3-6-12(9)15)14(18)17-13-7-4-8-16-10(13)2;/h3,5-6,10,13,16H,4,7-8H2,1-2H3,(H,17,18);1H. The Hall–Kier alpha value is -0.770. The lowest BCUT2D eigenvalue weighted by molar-refractivity contribution is 0.0919. The summed E-state index contributed by atoms with van der Waals surface area (Å²) in [6.45, 7) is 5.01. The predicted octanol–water partition coefficient (Wildman–Crippen LogP) is 2.94. The first kappa shape index (κ1) is 16.3. The summed E-state index contributed by atoms with van der Waals surface area (Å²) in [4.78, 5) is 12.2. The molecule has 2 unspecified atom stereocenters. The molecule has 1 aromatic rings. The highest BCUT2D eigenvalue weighted by molar-refractivity contribution is 6.31. The Balaban J connectivity index is 0.00000180. The maximum absolute atomic E-state index is 12.2. The van der Waals surface area contributed by atoms with Crippen LogP contribution in [-0.2, 0) is 0 Å². The molecule has 1 aliphatic rings. The second-order valence-electron chi connectivity index (χ2n) is 4.88. The minimum Gasteiger partial charge on any atom is -0.348 e. The molecule has 1 aliphatic heterocycles. The van der Waals surface area contributed by atoms with E-state index in [-0.39, 0.29) is 24.4 Å². The summed E-state index contributed by atoms with van der Waals surface area (Å²) >= 11 is 6.04. The van der Waals surface area contributed by atoms with E-state index in [0.717, 1.165) is 24.9 Å². The fraction of sp³-hybridized carbons (Fsp3) is 0.500. The molecule has 0 radical (unpaired) electrons. The summed E-state index contributed by atoms with van der Waals surface area (Å²) < 4.78 is 0. The van der Waals surface area contributed by atoms with Crippen LogP contribution in [-0.4, -0.2) is 24.5 Å². The Morgan fingerprint density at radius 2 is 2.21 bits per heavy atom. The Bertz CT molecular complexity index is 451. The van der Waals surface area contributed by atoms with Crippen LogP contribution in [0.2, 0.25) is 5.02 Å². The third-order valence-electron chi connectivity index (χ3n) is 3.59. The molecular formula is C14H20Cl2N2O. The first-order chi connectivity index (χ1) is 8.59. The maximum atomic E-state index is 12.2. The van der Waals surface area contributed by atoms with Gasteiger partial charge in [0.25, 0.3) is 5.91 Å². The third-order valence-corrected chi connectivity index (χ3v) is 4.00. The summed E-state index contributed by atoms with van der Waals surface area (Å²) in [5.74, 6) is -0.0319. The number of amides is 1.